The molecule has 1 heterocycles. The third-order valence-corrected chi connectivity index (χ3v) is 6.44. The lowest BCUT2D eigenvalue weighted by atomic mass is 10.0. The molecular formula is C25H40N4O4. The van der Waals surface area contributed by atoms with Gasteiger partial charge in [0.05, 0.1) is 11.7 Å². The van der Waals surface area contributed by atoms with E-state index >= 15 is 0 Å². The van der Waals surface area contributed by atoms with Crippen LogP contribution in [0.2, 0.25) is 0 Å². The van der Waals surface area contributed by atoms with Crippen molar-refractivity contribution < 1.29 is 19.1 Å². The molecular weight excluding hydrogens is 420 g/mol. The quantitative estimate of drug-likeness (QED) is 0.703. The molecule has 0 saturated heterocycles. The second kappa shape index (κ2) is 11.2. The predicted octanol–water partition coefficient (Wildman–Crippen LogP) is 3.43. The summed E-state index contributed by atoms with van der Waals surface area (Å²) in [5, 5.41) is 5.64. The second-order valence-electron chi connectivity index (χ2n) is 9.96. The Labute approximate surface area is 198 Å². The Kier molecular flexibility index (Phi) is 8.59. The van der Waals surface area contributed by atoms with Gasteiger partial charge in [-0.05, 0) is 57.6 Å². The highest BCUT2D eigenvalue weighted by Crippen LogP contribution is 2.32. The molecule has 0 spiro atoms. The van der Waals surface area contributed by atoms with Crippen molar-refractivity contribution in [1.29, 1.82) is 0 Å². The van der Waals surface area contributed by atoms with E-state index in [9.17, 15) is 9.59 Å². The van der Waals surface area contributed by atoms with Crippen molar-refractivity contribution in [3.8, 4) is 5.75 Å². The fraction of sp³-hybridized carbons (Fsp3) is 0.680. The largest absolute Gasteiger partial charge is 0.491 e. The van der Waals surface area contributed by atoms with Gasteiger partial charge in [-0.15, -0.1) is 0 Å². The van der Waals surface area contributed by atoms with Crippen molar-refractivity contribution in [3.05, 3.63) is 23.8 Å². The lowest BCUT2D eigenvalue weighted by Crippen LogP contribution is -2.47. The summed E-state index contributed by atoms with van der Waals surface area (Å²) in [7, 11) is 3.51. The highest BCUT2D eigenvalue weighted by atomic mass is 16.5. The number of anilines is 1. The van der Waals surface area contributed by atoms with Crippen molar-refractivity contribution in [2.24, 2.45) is 11.8 Å². The van der Waals surface area contributed by atoms with Gasteiger partial charge in [-0.25, -0.2) is 4.79 Å². The first-order chi connectivity index (χ1) is 15.7. The topological polar surface area (TPSA) is 83.1 Å². The van der Waals surface area contributed by atoms with Gasteiger partial charge in [-0.1, -0.05) is 6.92 Å². The van der Waals surface area contributed by atoms with Crippen LogP contribution in [-0.4, -0.2) is 80.3 Å². The first-order valence-corrected chi connectivity index (χ1v) is 12.0. The van der Waals surface area contributed by atoms with E-state index in [0.29, 0.717) is 30.2 Å². The molecule has 2 N–H and O–H groups in total. The molecule has 1 fully saturated rings. The summed E-state index contributed by atoms with van der Waals surface area (Å²) >= 11 is 0. The van der Waals surface area contributed by atoms with Crippen molar-refractivity contribution in [2.45, 2.75) is 58.7 Å². The number of likely N-dealkylation sites (N-methyl/N-ethyl adjacent to an activating group) is 1. The number of hydrogen-bond donors (Lipinski definition) is 2. The molecule has 3 rings (SSSR count). The Morgan fingerprint density at radius 2 is 1.97 bits per heavy atom. The molecule has 0 unspecified atom stereocenters. The van der Waals surface area contributed by atoms with Crippen molar-refractivity contribution in [1.82, 2.24) is 15.1 Å². The van der Waals surface area contributed by atoms with E-state index in [4.69, 9.17) is 9.47 Å². The van der Waals surface area contributed by atoms with Crippen LogP contribution in [0.4, 0.5) is 10.5 Å². The summed E-state index contributed by atoms with van der Waals surface area (Å²) in [6.07, 6.45) is 2.52. The van der Waals surface area contributed by atoms with Crippen molar-refractivity contribution >= 4 is 17.6 Å². The molecule has 1 saturated carbocycles. The Bertz CT molecular complexity index is 827. The number of hydrogen-bond acceptors (Lipinski definition) is 5. The molecule has 1 aliphatic heterocycles. The van der Waals surface area contributed by atoms with E-state index in [2.05, 4.69) is 29.4 Å². The van der Waals surface area contributed by atoms with E-state index in [1.54, 1.807) is 37.3 Å². The van der Waals surface area contributed by atoms with Gasteiger partial charge < -0.3 is 25.0 Å². The zero-order valence-electron chi connectivity index (χ0n) is 20.9. The van der Waals surface area contributed by atoms with Gasteiger partial charge in [-0.2, -0.15) is 0 Å². The van der Waals surface area contributed by atoms with Gasteiger partial charge in [0.15, 0.2) is 0 Å². The number of nitrogens with zero attached hydrogens (tertiary/aromatic N) is 2. The number of nitrogens with one attached hydrogen (secondary N) is 2. The smallest absolute Gasteiger partial charge is 0.319 e. The number of carbonyl (C=O) groups excluding carboxylic acids is 2. The normalized spacial score (nSPS) is 25.0. The summed E-state index contributed by atoms with van der Waals surface area (Å²) in [6, 6.07) is 5.12. The molecule has 1 aromatic carbocycles. The standard InChI is InChI=1S/C25H40N4O4/c1-16(2)26-25(31)27-20-9-10-21-22(11-20)33-15-18(4)29(13-19-7-8-19)12-17(3)23(32-6)14-28(5)24(21)30/h9-11,16-19,23H,7-8,12-15H2,1-6H3,(H2,26,27,31)/t17-,18+,23+/m0/s1. The van der Waals surface area contributed by atoms with Crippen LogP contribution >= 0.6 is 0 Å². The maximum absolute atomic E-state index is 13.3. The van der Waals surface area contributed by atoms with Gasteiger partial charge in [0, 0.05) is 57.6 Å². The number of urea groups is 1. The van der Waals surface area contributed by atoms with Crippen molar-refractivity contribution in [3.63, 3.8) is 0 Å². The average Bonchev–Trinajstić information content (AvgIpc) is 3.57. The minimum atomic E-state index is -0.289. The number of ether oxygens (including phenoxy) is 2. The molecule has 33 heavy (non-hydrogen) atoms. The molecule has 1 aromatic rings. The average molecular weight is 461 g/mol. The van der Waals surface area contributed by atoms with Crippen molar-refractivity contribution in [2.75, 3.05) is 45.7 Å². The number of carbonyl (C=O) groups is 2. The minimum Gasteiger partial charge on any atom is -0.491 e. The predicted molar refractivity (Wildman–Crippen MR) is 130 cm³/mol. The Morgan fingerprint density at radius 3 is 2.61 bits per heavy atom. The number of rotatable bonds is 5. The second-order valence-corrected chi connectivity index (χ2v) is 9.96. The number of methoxy groups -OCH3 is 1. The highest BCUT2D eigenvalue weighted by Gasteiger charge is 2.31. The summed E-state index contributed by atoms with van der Waals surface area (Å²) in [6.45, 7) is 11.1. The molecule has 3 amide bonds. The number of benzene rings is 1. The maximum Gasteiger partial charge on any atom is 0.319 e. The molecule has 8 heteroatoms. The Hall–Kier alpha value is -2.32. The van der Waals surface area contributed by atoms with Crippen LogP contribution in [0.5, 0.6) is 5.75 Å². The Balaban J connectivity index is 1.88. The van der Waals surface area contributed by atoms with E-state index in [-0.39, 0.29) is 36.0 Å². The van der Waals surface area contributed by atoms with Crippen LogP contribution < -0.4 is 15.4 Å². The van der Waals surface area contributed by atoms with Gasteiger partial charge >= 0.3 is 6.03 Å². The van der Waals surface area contributed by atoms with Crippen LogP contribution in [0.1, 0.15) is 50.9 Å². The zero-order chi connectivity index (χ0) is 24.1. The fourth-order valence-electron chi connectivity index (χ4n) is 4.24. The SMILES string of the molecule is CO[C@@H]1CN(C)C(=O)c2ccc(NC(=O)NC(C)C)cc2OC[C@@H](C)N(CC2CC2)C[C@@H]1C. The van der Waals surface area contributed by atoms with Crippen LogP contribution in [0.25, 0.3) is 0 Å². The van der Waals surface area contributed by atoms with E-state index in [1.165, 1.54) is 12.8 Å². The first-order valence-electron chi connectivity index (χ1n) is 12.0. The maximum atomic E-state index is 13.3. The highest BCUT2D eigenvalue weighted by molar-refractivity contribution is 5.98. The monoisotopic (exact) mass is 460 g/mol. The van der Waals surface area contributed by atoms with E-state index < -0.39 is 0 Å². The van der Waals surface area contributed by atoms with Crippen LogP contribution in [-0.2, 0) is 4.74 Å². The minimum absolute atomic E-state index is 0.0233. The summed E-state index contributed by atoms with van der Waals surface area (Å²) in [5.41, 5.74) is 1.07. The van der Waals surface area contributed by atoms with Gasteiger partial charge in [0.2, 0.25) is 0 Å². The van der Waals surface area contributed by atoms with Gasteiger partial charge in [0.1, 0.15) is 12.4 Å². The third-order valence-electron chi connectivity index (χ3n) is 6.44. The van der Waals surface area contributed by atoms with Gasteiger partial charge in [0.25, 0.3) is 5.91 Å². The zero-order valence-corrected chi connectivity index (χ0v) is 20.9. The molecule has 0 radical (unpaired) electrons. The molecule has 8 nitrogen and oxygen atoms in total. The summed E-state index contributed by atoms with van der Waals surface area (Å²) < 4.78 is 12.0. The summed E-state index contributed by atoms with van der Waals surface area (Å²) in [5.74, 6) is 1.40. The van der Waals surface area contributed by atoms with E-state index in [0.717, 1.165) is 19.0 Å². The fourth-order valence-corrected chi connectivity index (χ4v) is 4.24. The third kappa shape index (κ3) is 7.08. The number of amides is 3. The first kappa shape index (κ1) is 25.3. The summed E-state index contributed by atoms with van der Waals surface area (Å²) in [4.78, 5) is 29.6. The molecule has 3 atom stereocenters. The Morgan fingerprint density at radius 1 is 1.24 bits per heavy atom. The molecule has 0 bridgehead atoms. The number of fused-ring (bicyclic) bond motifs is 1. The molecule has 184 valence electrons. The van der Waals surface area contributed by atoms with Crippen LogP contribution in [0, 0.1) is 11.8 Å². The van der Waals surface area contributed by atoms with Crippen LogP contribution in [0.3, 0.4) is 0 Å². The lowest BCUT2D eigenvalue weighted by molar-refractivity contribution is 0.00994. The molecule has 1 aliphatic carbocycles. The van der Waals surface area contributed by atoms with Crippen LogP contribution in [0.15, 0.2) is 18.2 Å². The van der Waals surface area contributed by atoms with E-state index in [1.807, 2.05) is 13.8 Å². The lowest BCUT2D eigenvalue weighted by Gasteiger charge is -2.36. The van der Waals surface area contributed by atoms with Gasteiger partial charge in [-0.3, -0.25) is 9.69 Å². The molecule has 0 aromatic heterocycles. The molecule has 2 aliphatic rings.